The summed E-state index contributed by atoms with van der Waals surface area (Å²) in [6.07, 6.45) is 3.61. The number of hydrogen-bond acceptors (Lipinski definition) is 2. The molecule has 0 aromatic carbocycles. The minimum atomic E-state index is 0.108. The molecule has 0 fully saturated rings. The molecule has 2 atom stereocenters. The highest BCUT2D eigenvalue weighted by Gasteiger charge is 2.27. The number of aryl methyl sites for hydroxylation is 2. The Morgan fingerprint density at radius 2 is 2.41 bits per heavy atom. The maximum absolute atomic E-state index is 12.0. The van der Waals surface area contributed by atoms with Crippen LogP contribution in [0.2, 0.25) is 0 Å². The maximum atomic E-state index is 12.0. The summed E-state index contributed by atoms with van der Waals surface area (Å²) in [4.78, 5) is 19.7. The van der Waals surface area contributed by atoms with E-state index in [4.69, 9.17) is 0 Å². The first-order chi connectivity index (χ1) is 8.10. The van der Waals surface area contributed by atoms with Crippen LogP contribution < -0.4 is 5.32 Å². The molecule has 0 bridgehead atoms. The second-order valence-corrected chi connectivity index (χ2v) is 5.01. The van der Waals surface area contributed by atoms with Gasteiger partial charge in [0, 0.05) is 24.1 Å². The quantitative estimate of drug-likeness (QED) is 0.838. The standard InChI is InChI=1S/C13H21N3O/c1-4-8(2)14-13(17)10-5-6-11-12(7-10)16-9(3)15-11/h8,10H,4-7H2,1-3H3,(H,14,17)(H,15,16). The van der Waals surface area contributed by atoms with Crippen LogP contribution in [-0.2, 0) is 17.6 Å². The van der Waals surface area contributed by atoms with Crippen LogP contribution in [-0.4, -0.2) is 21.9 Å². The summed E-state index contributed by atoms with van der Waals surface area (Å²) in [5.41, 5.74) is 2.30. The molecule has 1 aromatic heterocycles. The van der Waals surface area contributed by atoms with Crippen molar-refractivity contribution in [3.8, 4) is 0 Å². The molecule has 1 aliphatic rings. The molecule has 1 heterocycles. The Kier molecular flexibility index (Phi) is 3.50. The fourth-order valence-corrected chi connectivity index (χ4v) is 2.31. The zero-order chi connectivity index (χ0) is 12.4. The lowest BCUT2D eigenvalue weighted by atomic mass is 9.89. The van der Waals surface area contributed by atoms with Crippen LogP contribution in [0.25, 0.3) is 0 Å². The third kappa shape index (κ3) is 2.68. The summed E-state index contributed by atoms with van der Waals surface area (Å²) in [5.74, 6) is 1.26. The number of nitrogens with zero attached hydrogens (tertiary/aromatic N) is 1. The first-order valence-electron chi connectivity index (χ1n) is 6.44. The molecule has 4 heteroatoms. The Balaban J connectivity index is 1.99. The Labute approximate surface area is 102 Å². The number of nitrogens with one attached hydrogen (secondary N) is 2. The van der Waals surface area contributed by atoms with Crippen molar-refractivity contribution >= 4 is 5.91 Å². The van der Waals surface area contributed by atoms with Crippen molar-refractivity contribution in [3.05, 3.63) is 17.2 Å². The predicted octanol–water partition coefficient (Wildman–Crippen LogP) is 1.74. The lowest BCUT2D eigenvalue weighted by molar-refractivity contribution is -0.126. The molecular weight excluding hydrogens is 214 g/mol. The van der Waals surface area contributed by atoms with Gasteiger partial charge in [-0.1, -0.05) is 6.92 Å². The Morgan fingerprint density at radius 3 is 3.12 bits per heavy atom. The van der Waals surface area contributed by atoms with E-state index in [2.05, 4.69) is 22.2 Å². The van der Waals surface area contributed by atoms with E-state index in [1.165, 1.54) is 0 Å². The van der Waals surface area contributed by atoms with Gasteiger partial charge in [-0.25, -0.2) is 4.98 Å². The van der Waals surface area contributed by atoms with E-state index in [-0.39, 0.29) is 17.9 Å². The van der Waals surface area contributed by atoms with Crippen molar-refractivity contribution in [1.82, 2.24) is 15.3 Å². The van der Waals surface area contributed by atoms with Crippen LogP contribution in [0, 0.1) is 12.8 Å². The van der Waals surface area contributed by atoms with Crippen LogP contribution >= 0.6 is 0 Å². The highest BCUT2D eigenvalue weighted by atomic mass is 16.1. The summed E-state index contributed by atoms with van der Waals surface area (Å²) in [6.45, 7) is 6.10. The maximum Gasteiger partial charge on any atom is 0.223 e. The fraction of sp³-hybridized carbons (Fsp3) is 0.692. The fourth-order valence-electron chi connectivity index (χ4n) is 2.31. The van der Waals surface area contributed by atoms with Gasteiger partial charge in [-0.3, -0.25) is 4.79 Å². The van der Waals surface area contributed by atoms with Crippen LogP contribution in [0.3, 0.4) is 0 Å². The largest absolute Gasteiger partial charge is 0.353 e. The number of carbonyl (C=O) groups excluding carboxylic acids is 1. The molecular formula is C13H21N3O. The lowest BCUT2D eigenvalue weighted by Crippen LogP contribution is -2.39. The molecule has 1 aliphatic carbocycles. The minimum absolute atomic E-state index is 0.108. The molecule has 1 aromatic rings. The molecule has 4 nitrogen and oxygen atoms in total. The zero-order valence-electron chi connectivity index (χ0n) is 10.8. The summed E-state index contributed by atoms with van der Waals surface area (Å²) in [5, 5.41) is 3.06. The van der Waals surface area contributed by atoms with E-state index in [1.807, 2.05) is 13.8 Å². The summed E-state index contributed by atoms with van der Waals surface area (Å²) in [6, 6.07) is 0.271. The number of imidazole rings is 1. The first kappa shape index (κ1) is 12.1. The summed E-state index contributed by atoms with van der Waals surface area (Å²) in [7, 11) is 0. The van der Waals surface area contributed by atoms with Crippen LogP contribution in [0.5, 0.6) is 0 Å². The molecule has 2 rings (SSSR count). The summed E-state index contributed by atoms with van der Waals surface area (Å²) >= 11 is 0. The van der Waals surface area contributed by atoms with Gasteiger partial charge >= 0.3 is 0 Å². The van der Waals surface area contributed by atoms with E-state index in [0.717, 1.165) is 42.9 Å². The number of rotatable bonds is 3. The van der Waals surface area contributed by atoms with Crippen molar-refractivity contribution < 1.29 is 4.79 Å². The monoisotopic (exact) mass is 235 g/mol. The smallest absolute Gasteiger partial charge is 0.223 e. The lowest BCUT2D eigenvalue weighted by Gasteiger charge is -2.22. The van der Waals surface area contributed by atoms with E-state index in [9.17, 15) is 4.79 Å². The SMILES string of the molecule is CCC(C)NC(=O)C1CCc2nc(C)[nH]c2C1. The highest BCUT2D eigenvalue weighted by molar-refractivity contribution is 5.79. The van der Waals surface area contributed by atoms with Crippen molar-refractivity contribution in [2.24, 2.45) is 5.92 Å². The number of aromatic amines is 1. The molecule has 0 aliphatic heterocycles. The number of H-pyrrole nitrogens is 1. The first-order valence-corrected chi connectivity index (χ1v) is 6.44. The van der Waals surface area contributed by atoms with Crippen molar-refractivity contribution in [1.29, 1.82) is 0 Å². The molecule has 2 unspecified atom stereocenters. The van der Waals surface area contributed by atoms with Crippen molar-refractivity contribution in [3.63, 3.8) is 0 Å². The third-order valence-corrected chi connectivity index (χ3v) is 3.53. The van der Waals surface area contributed by atoms with E-state index >= 15 is 0 Å². The van der Waals surface area contributed by atoms with Crippen LogP contribution in [0.15, 0.2) is 0 Å². The second kappa shape index (κ2) is 4.90. The number of aromatic nitrogens is 2. The Morgan fingerprint density at radius 1 is 1.65 bits per heavy atom. The molecule has 0 spiro atoms. The third-order valence-electron chi connectivity index (χ3n) is 3.53. The van der Waals surface area contributed by atoms with Gasteiger partial charge in [-0.2, -0.15) is 0 Å². The number of hydrogen-bond donors (Lipinski definition) is 2. The Bertz CT molecular complexity index is 411. The zero-order valence-corrected chi connectivity index (χ0v) is 10.8. The number of fused-ring (bicyclic) bond motifs is 1. The van der Waals surface area contributed by atoms with E-state index in [0.29, 0.717) is 0 Å². The van der Waals surface area contributed by atoms with Gasteiger partial charge in [0.2, 0.25) is 5.91 Å². The topological polar surface area (TPSA) is 57.8 Å². The van der Waals surface area contributed by atoms with E-state index in [1.54, 1.807) is 0 Å². The predicted molar refractivity (Wildman–Crippen MR) is 66.7 cm³/mol. The van der Waals surface area contributed by atoms with Gasteiger partial charge in [0.15, 0.2) is 0 Å². The molecule has 0 saturated carbocycles. The minimum Gasteiger partial charge on any atom is -0.353 e. The number of amides is 1. The molecule has 0 saturated heterocycles. The van der Waals surface area contributed by atoms with Crippen molar-refractivity contribution in [2.45, 2.75) is 52.5 Å². The van der Waals surface area contributed by atoms with Crippen LogP contribution in [0.1, 0.15) is 43.9 Å². The van der Waals surface area contributed by atoms with E-state index < -0.39 is 0 Å². The molecule has 94 valence electrons. The molecule has 1 amide bonds. The van der Waals surface area contributed by atoms with Gasteiger partial charge in [0.05, 0.1) is 5.69 Å². The van der Waals surface area contributed by atoms with Gasteiger partial charge in [0.25, 0.3) is 0 Å². The van der Waals surface area contributed by atoms with Gasteiger partial charge in [-0.05, 0) is 33.1 Å². The van der Waals surface area contributed by atoms with Crippen molar-refractivity contribution in [2.75, 3.05) is 0 Å². The van der Waals surface area contributed by atoms with Gasteiger partial charge in [-0.15, -0.1) is 0 Å². The Hall–Kier alpha value is -1.32. The van der Waals surface area contributed by atoms with Gasteiger partial charge in [0.1, 0.15) is 5.82 Å². The van der Waals surface area contributed by atoms with Crippen LogP contribution in [0.4, 0.5) is 0 Å². The number of carbonyl (C=O) groups is 1. The average Bonchev–Trinajstić information content (AvgIpc) is 2.67. The normalized spacial score (nSPS) is 20.8. The van der Waals surface area contributed by atoms with Gasteiger partial charge < -0.3 is 10.3 Å². The second-order valence-electron chi connectivity index (χ2n) is 5.01. The average molecular weight is 235 g/mol. The molecule has 2 N–H and O–H groups in total. The summed E-state index contributed by atoms with van der Waals surface area (Å²) < 4.78 is 0. The molecule has 0 radical (unpaired) electrons. The highest BCUT2D eigenvalue weighted by Crippen LogP contribution is 2.24. The molecule has 17 heavy (non-hydrogen) atoms.